The van der Waals surface area contributed by atoms with E-state index >= 15 is 0 Å². The van der Waals surface area contributed by atoms with E-state index in [0.29, 0.717) is 6.54 Å². The summed E-state index contributed by atoms with van der Waals surface area (Å²) in [6.45, 7) is 2.21. The molecular formula is C11H14ClN3O. The maximum Gasteiger partial charge on any atom is 0.335 e. The number of carbonyl (C=O) groups excluding carboxylic acids is 1. The molecule has 16 heavy (non-hydrogen) atoms. The van der Waals surface area contributed by atoms with Crippen LogP contribution in [0.5, 0.6) is 0 Å². The lowest BCUT2D eigenvalue weighted by atomic mass is 10.2. The molecule has 2 amide bonds. The Bertz CT molecular complexity index is 352. The molecule has 0 bridgehead atoms. The van der Waals surface area contributed by atoms with Crippen LogP contribution in [0.1, 0.15) is 12.5 Å². The monoisotopic (exact) mass is 239 g/mol. The standard InChI is InChI=1S/C11H14ClN3O/c1-9(12)7-13-11(16)15-14-8-10-5-3-2-4-6-10/h2-6,8-9H,7H2,1H3,(H2,13,15,16). The summed E-state index contributed by atoms with van der Waals surface area (Å²) in [6, 6.07) is 9.14. The predicted octanol–water partition coefficient (Wildman–Crippen LogP) is 1.95. The third-order valence-corrected chi connectivity index (χ3v) is 1.88. The first-order valence-corrected chi connectivity index (χ1v) is 5.38. The van der Waals surface area contributed by atoms with E-state index in [4.69, 9.17) is 11.6 Å². The Balaban J connectivity index is 2.29. The van der Waals surface area contributed by atoms with Crippen molar-refractivity contribution >= 4 is 23.8 Å². The van der Waals surface area contributed by atoms with Crippen LogP contribution in [-0.2, 0) is 0 Å². The van der Waals surface area contributed by atoms with Gasteiger partial charge < -0.3 is 5.32 Å². The number of hydrogen-bond donors (Lipinski definition) is 2. The molecule has 1 aromatic rings. The minimum absolute atomic E-state index is 0.0937. The van der Waals surface area contributed by atoms with Crippen LogP contribution in [0.15, 0.2) is 35.4 Å². The molecule has 0 radical (unpaired) electrons. The van der Waals surface area contributed by atoms with Crippen LogP contribution in [-0.4, -0.2) is 24.2 Å². The van der Waals surface area contributed by atoms with Crippen LogP contribution in [0.2, 0.25) is 0 Å². The molecule has 0 aliphatic rings. The van der Waals surface area contributed by atoms with E-state index in [-0.39, 0.29) is 11.4 Å². The van der Waals surface area contributed by atoms with Crippen molar-refractivity contribution < 1.29 is 4.79 Å². The summed E-state index contributed by atoms with van der Waals surface area (Å²) in [6.07, 6.45) is 1.57. The second kappa shape index (κ2) is 6.85. The molecular weight excluding hydrogens is 226 g/mol. The molecule has 0 aliphatic carbocycles. The van der Waals surface area contributed by atoms with Crippen molar-refractivity contribution in [3.63, 3.8) is 0 Å². The molecule has 0 saturated carbocycles. The first-order chi connectivity index (χ1) is 7.68. The number of alkyl halides is 1. The highest BCUT2D eigenvalue weighted by Crippen LogP contribution is 1.93. The fraction of sp³-hybridized carbons (Fsp3) is 0.273. The lowest BCUT2D eigenvalue weighted by Crippen LogP contribution is -2.35. The molecule has 0 aromatic heterocycles. The van der Waals surface area contributed by atoms with Crippen molar-refractivity contribution in [2.45, 2.75) is 12.3 Å². The fourth-order valence-corrected chi connectivity index (χ4v) is 1.05. The smallest absolute Gasteiger partial charge is 0.335 e. The molecule has 0 saturated heterocycles. The molecule has 0 spiro atoms. The summed E-state index contributed by atoms with van der Waals surface area (Å²) in [5.41, 5.74) is 3.27. The van der Waals surface area contributed by atoms with Gasteiger partial charge in [0.1, 0.15) is 0 Å². The quantitative estimate of drug-likeness (QED) is 0.471. The van der Waals surface area contributed by atoms with Crippen molar-refractivity contribution in [2.75, 3.05) is 6.54 Å². The van der Waals surface area contributed by atoms with Crippen LogP contribution in [0.4, 0.5) is 4.79 Å². The van der Waals surface area contributed by atoms with Crippen LogP contribution in [0.3, 0.4) is 0 Å². The number of hydrazone groups is 1. The Labute approximate surface area is 99.7 Å². The van der Waals surface area contributed by atoms with Gasteiger partial charge in [-0.25, -0.2) is 10.2 Å². The van der Waals surface area contributed by atoms with E-state index in [1.54, 1.807) is 13.1 Å². The molecule has 86 valence electrons. The Morgan fingerprint density at radius 3 is 2.81 bits per heavy atom. The molecule has 0 heterocycles. The number of benzene rings is 1. The highest BCUT2D eigenvalue weighted by molar-refractivity contribution is 6.20. The average molecular weight is 240 g/mol. The zero-order valence-corrected chi connectivity index (χ0v) is 9.74. The zero-order chi connectivity index (χ0) is 11.8. The molecule has 5 heteroatoms. The first kappa shape index (κ1) is 12.5. The van der Waals surface area contributed by atoms with Crippen molar-refractivity contribution in [3.05, 3.63) is 35.9 Å². The largest absolute Gasteiger partial charge is 0.335 e. The topological polar surface area (TPSA) is 53.5 Å². The number of rotatable bonds is 4. The second-order valence-corrected chi connectivity index (χ2v) is 4.02. The third-order valence-electron chi connectivity index (χ3n) is 1.72. The van der Waals surface area contributed by atoms with E-state index in [1.807, 2.05) is 30.3 Å². The number of amides is 2. The Morgan fingerprint density at radius 1 is 1.50 bits per heavy atom. The maximum absolute atomic E-state index is 11.1. The molecule has 2 N–H and O–H groups in total. The number of nitrogens with one attached hydrogen (secondary N) is 2. The number of nitrogens with zero attached hydrogens (tertiary/aromatic N) is 1. The van der Waals surface area contributed by atoms with E-state index < -0.39 is 0 Å². The van der Waals surface area contributed by atoms with E-state index in [2.05, 4.69) is 15.8 Å². The molecule has 1 unspecified atom stereocenters. The lowest BCUT2D eigenvalue weighted by molar-refractivity contribution is 0.241. The molecule has 1 rings (SSSR count). The summed E-state index contributed by atoms with van der Waals surface area (Å²) in [5.74, 6) is 0. The van der Waals surface area contributed by atoms with Crippen LogP contribution < -0.4 is 10.7 Å². The minimum Gasteiger partial charge on any atom is -0.335 e. The third kappa shape index (κ3) is 5.36. The number of halogens is 1. The van der Waals surface area contributed by atoms with E-state index in [0.717, 1.165) is 5.56 Å². The highest BCUT2D eigenvalue weighted by atomic mass is 35.5. The first-order valence-electron chi connectivity index (χ1n) is 4.94. The van der Waals surface area contributed by atoms with Crippen LogP contribution >= 0.6 is 11.6 Å². The number of carbonyl (C=O) groups is 1. The average Bonchev–Trinajstić information content (AvgIpc) is 2.28. The van der Waals surface area contributed by atoms with E-state index in [1.165, 1.54) is 0 Å². The summed E-state index contributed by atoms with van der Waals surface area (Å²) < 4.78 is 0. The van der Waals surface area contributed by atoms with Gasteiger partial charge in [0.15, 0.2) is 0 Å². The number of hydrogen-bond acceptors (Lipinski definition) is 2. The van der Waals surface area contributed by atoms with Gasteiger partial charge in [-0.05, 0) is 12.5 Å². The van der Waals surface area contributed by atoms with Gasteiger partial charge in [0.25, 0.3) is 0 Å². The summed E-state index contributed by atoms with van der Waals surface area (Å²) >= 11 is 5.67. The summed E-state index contributed by atoms with van der Waals surface area (Å²) in [4.78, 5) is 11.1. The Kier molecular flexibility index (Phi) is 5.36. The summed E-state index contributed by atoms with van der Waals surface area (Å²) in [5, 5.41) is 6.27. The normalized spacial score (nSPS) is 12.4. The predicted molar refractivity (Wildman–Crippen MR) is 65.9 cm³/mol. The van der Waals surface area contributed by atoms with Crippen molar-refractivity contribution in [2.24, 2.45) is 5.10 Å². The zero-order valence-electron chi connectivity index (χ0n) is 8.98. The van der Waals surface area contributed by atoms with Crippen LogP contribution in [0, 0.1) is 0 Å². The van der Waals surface area contributed by atoms with E-state index in [9.17, 15) is 4.79 Å². The van der Waals surface area contributed by atoms with Crippen molar-refractivity contribution in [1.29, 1.82) is 0 Å². The van der Waals surface area contributed by atoms with Crippen molar-refractivity contribution in [1.82, 2.24) is 10.7 Å². The van der Waals surface area contributed by atoms with Gasteiger partial charge in [0.05, 0.1) is 6.21 Å². The Hall–Kier alpha value is -1.55. The van der Waals surface area contributed by atoms with Gasteiger partial charge in [-0.3, -0.25) is 0 Å². The van der Waals surface area contributed by atoms with Gasteiger partial charge in [0, 0.05) is 11.9 Å². The second-order valence-electron chi connectivity index (χ2n) is 3.27. The molecule has 0 fully saturated rings. The lowest BCUT2D eigenvalue weighted by Gasteiger charge is -2.04. The van der Waals surface area contributed by atoms with Crippen molar-refractivity contribution in [3.8, 4) is 0 Å². The van der Waals surface area contributed by atoms with Gasteiger partial charge in [0.2, 0.25) is 0 Å². The summed E-state index contributed by atoms with van der Waals surface area (Å²) in [7, 11) is 0. The number of urea groups is 1. The molecule has 1 atom stereocenters. The Morgan fingerprint density at radius 2 is 2.19 bits per heavy atom. The van der Waals surface area contributed by atoms with Gasteiger partial charge in [-0.1, -0.05) is 30.3 Å². The van der Waals surface area contributed by atoms with Gasteiger partial charge in [-0.2, -0.15) is 5.10 Å². The molecule has 0 aliphatic heterocycles. The van der Waals surface area contributed by atoms with Gasteiger partial charge in [-0.15, -0.1) is 11.6 Å². The maximum atomic E-state index is 11.1. The highest BCUT2D eigenvalue weighted by Gasteiger charge is 1.99. The molecule has 1 aromatic carbocycles. The SMILES string of the molecule is CC(Cl)CNC(=O)NN=Cc1ccccc1. The fourth-order valence-electron chi connectivity index (χ4n) is 0.977. The van der Waals surface area contributed by atoms with Crippen LogP contribution in [0.25, 0.3) is 0 Å². The molecule has 4 nitrogen and oxygen atoms in total. The van der Waals surface area contributed by atoms with Gasteiger partial charge >= 0.3 is 6.03 Å². The minimum atomic E-state index is -0.361.